The lowest BCUT2D eigenvalue weighted by molar-refractivity contribution is 0.0526. The molecule has 0 aliphatic carbocycles. The summed E-state index contributed by atoms with van der Waals surface area (Å²) < 4.78 is 53.5. The lowest BCUT2D eigenvalue weighted by atomic mass is 10.2. The van der Waals surface area contributed by atoms with E-state index in [1.807, 2.05) is 18.4 Å². The number of imidazole rings is 1. The fraction of sp³-hybridized carbons (Fsp3) is 0.391. The zero-order valence-corrected chi connectivity index (χ0v) is 19.0. The molecule has 3 rings (SSSR count). The highest BCUT2D eigenvalue weighted by atomic mass is 32.2. The summed E-state index contributed by atoms with van der Waals surface area (Å²) in [6.45, 7) is 7.06. The van der Waals surface area contributed by atoms with Crippen molar-refractivity contribution in [2.24, 2.45) is 0 Å². The number of carbonyl (C=O) groups is 1. The third kappa shape index (κ3) is 5.83. The lowest BCUT2D eigenvalue weighted by Crippen LogP contribution is -2.08. The molecule has 1 heterocycles. The smallest absolute Gasteiger partial charge is 0.338 e. The molecule has 0 unspecified atom stereocenters. The minimum absolute atomic E-state index is 0.0443. The molecule has 0 amide bonds. The molecule has 2 aromatic carbocycles. The number of benzene rings is 2. The van der Waals surface area contributed by atoms with Gasteiger partial charge in [-0.25, -0.2) is 22.9 Å². The van der Waals surface area contributed by atoms with E-state index in [1.54, 1.807) is 25.1 Å². The first kappa shape index (κ1) is 24.1. The van der Waals surface area contributed by atoms with Gasteiger partial charge in [-0.05, 0) is 51.5 Å². The molecule has 0 fully saturated rings. The molecular weight excluding hydrogens is 441 g/mol. The summed E-state index contributed by atoms with van der Waals surface area (Å²) >= 11 is 1.21. The van der Waals surface area contributed by atoms with E-state index in [0.717, 1.165) is 18.0 Å². The molecule has 5 nitrogen and oxygen atoms in total. The van der Waals surface area contributed by atoms with Crippen molar-refractivity contribution in [1.29, 1.82) is 0 Å². The van der Waals surface area contributed by atoms with Crippen LogP contribution in [0.1, 0.15) is 43.1 Å². The monoisotopic (exact) mass is 466 g/mol. The zero-order valence-electron chi connectivity index (χ0n) is 18.2. The van der Waals surface area contributed by atoms with Crippen molar-refractivity contribution in [1.82, 2.24) is 9.55 Å². The molecule has 32 heavy (non-hydrogen) atoms. The van der Waals surface area contributed by atoms with E-state index in [-0.39, 0.29) is 24.0 Å². The number of hydrogen-bond donors (Lipinski definition) is 0. The molecule has 0 saturated carbocycles. The van der Waals surface area contributed by atoms with Gasteiger partial charge in [0.05, 0.1) is 29.3 Å². The van der Waals surface area contributed by atoms with Crippen molar-refractivity contribution in [2.75, 3.05) is 13.2 Å². The van der Waals surface area contributed by atoms with Crippen molar-refractivity contribution >= 4 is 28.8 Å². The molecule has 1 aromatic heterocycles. The molecule has 9 heteroatoms. The van der Waals surface area contributed by atoms with Gasteiger partial charge in [-0.3, -0.25) is 0 Å². The van der Waals surface area contributed by atoms with Crippen molar-refractivity contribution in [3.8, 4) is 0 Å². The first-order valence-electron chi connectivity index (χ1n) is 10.3. The second-order valence-electron chi connectivity index (χ2n) is 7.39. The molecule has 172 valence electrons. The highest BCUT2D eigenvalue weighted by Crippen LogP contribution is 2.29. The number of thioether (sulfide) groups is 1. The van der Waals surface area contributed by atoms with Crippen LogP contribution in [0.2, 0.25) is 0 Å². The van der Waals surface area contributed by atoms with Crippen LogP contribution in [0, 0.1) is 17.5 Å². The Morgan fingerprint density at radius 1 is 1.12 bits per heavy atom. The quantitative estimate of drug-likeness (QED) is 0.165. The Morgan fingerprint density at radius 3 is 2.59 bits per heavy atom. The van der Waals surface area contributed by atoms with Gasteiger partial charge in [0.15, 0.2) is 16.8 Å². The van der Waals surface area contributed by atoms with Crippen LogP contribution >= 0.6 is 11.8 Å². The normalized spacial score (nSPS) is 11.5. The van der Waals surface area contributed by atoms with Crippen LogP contribution < -0.4 is 0 Å². The van der Waals surface area contributed by atoms with Gasteiger partial charge in [0, 0.05) is 30.5 Å². The highest BCUT2D eigenvalue weighted by molar-refractivity contribution is 7.98. The van der Waals surface area contributed by atoms with E-state index in [2.05, 4.69) is 4.98 Å². The van der Waals surface area contributed by atoms with E-state index in [0.29, 0.717) is 35.5 Å². The fourth-order valence-corrected chi connectivity index (χ4v) is 4.15. The van der Waals surface area contributed by atoms with Crippen LogP contribution in [0.4, 0.5) is 13.2 Å². The van der Waals surface area contributed by atoms with Gasteiger partial charge in [-0.1, -0.05) is 11.8 Å². The topological polar surface area (TPSA) is 53.3 Å². The number of esters is 1. The summed E-state index contributed by atoms with van der Waals surface area (Å²) in [5.74, 6) is -3.50. The van der Waals surface area contributed by atoms with E-state index in [1.165, 1.54) is 11.8 Å². The van der Waals surface area contributed by atoms with Gasteiger partial charge in [-0.2, -0.15) is 0 Å². The van der Waals surface area contributed by atoms with Crippen LogP contribution in [0.5, 0.6) is 0 Å². The summed E-state index contributed by atoms with van der Waals surface area (Å²) in [6, 6.07) is 6.52. The highest BCUT2D eigenvalue weighted by Gasteiger charge is 2.16. The Bertz CT molecular complexity index is 1100. The average Bonchev–Trinajstić information content (AvgIpc) is 3.09. The Kier molecular flexibility index (Phi) is 8.20. The van der Waals surface area contributed by atoms with Gasteiger partial charge in [0.25, 0.3) is 0 Å². The van der Waals surface area contributed by atoms with Crippen molar-refractivity contribution < 1.29 is 27.4 Å². The maximum Gasteiger partial charge on any atom is 0.338 e. The molecule has 0 aliphatic rings. The SMILES string of the molecule is CCOC(=O)c1ccc2c(c1)nc(SCc1cc(F)c(F)cc1F)n2CCCOC(C)C. The summed E-state index contributed by atoms with van der Waals surface area (Å²) in [4.78, 5) is 16.7. The predicted octanol–water partition coefficient (Wildman–Crippen LogP) is 5.74. The van der Waals surface area contributed by atoms with Crippen LogP contribution in [0.25, 0.3) is 11.0 Å². The Morgan fingerprint density at radius 2 is 1.88 bits per heavy atom. The molecule has 0 saturated heterocycles. The summed E-state index contributed by atoms with van der Waals surface area (Å²) in [5.41, 5.74) is 1.82. The number of rotatable bonds is 10. The molecule has 0 aliphatic heterocycles. The molecular formula is C23H25F3N2O3S. The molecule has 0 spiro atoms. The maximum absolute atomic E-state index is 14.1. The third-order valence-corrected chi connectivity index (χ3v) is 5.67. The Balaban J connectivity index is 1.88. The van der Waals surface area contributed by atoms with Gasteiger partial charge in [0.1, 0.15) is 5.82 Å². The molecule has 3 aromatic rings. The summed E-state index contributed by atoms with van der Waals surface area (Å²) in [7, 11) is 0. The largest absolute Gasteiger partial charge is 0.462 e. The van der Waals surface area contributed by atoms with E-state index < -0.39 is 23.4 Å². The third-order valence-electron chi connectivity index (χ3n) is 4.65. The number of nitrogens with zero attached hydrogens (tertiary/aromatic N) is 2. The predicted molar refractivity (Wildman–Crippen MR) is 117 cm³/mol. The first-order chi connectivity index (χ1) is 15.3. The fourth-order valence-electron chi connectivity index (χ4n) is 3.13. The summed E-state index contributed by atoms with van der Waals surface area (Å²) in [6.07, 6.45) is 0.836. The number of hydrogen-bond acceptors (Lipinski definition) is 5. The Hall–Kier alpha value is -2.52. The van der Waals surface area contributed by atoms with Gasteiger partial charge in [0.2, 0.25) is 0 Å². The van der Waals surface area contributed by atoms with E-state index in [9.17, 15) is 18.0 Å². The van der Waals surface area contributed by atoms with Gasteiger partial charge >= 0.3 is 5.97 Å². The number of aryl methyl sites for hydroxylation is 1. The standard InChI is InChI=1S/C23H25F3N2O3S/c1-4-30-22(29)15-6-7-21-20(11-15)27-23(28(21)8-5-9-31-14(2)3)32-13-16-10-18(25)19(26)12-17(16)24/h6-7,10-12,14H,4-5,8-9,13H2,1-3H3. The maximum atomic E-state index is 14.1. The second-order valence-corrected chi connectivity index (χ2v) is 8.33. The first-order valence-corrected chi connectivity index (χ1v) is 11.3. The molecule has 0 radical (unpaired) electrons. The zero-order chi connectivity index (χ0) is 23.3. The van der Waals surface area contributed by atoms with Crippen molar-refractivity contribution in [3.63, 3.8) is 0 Å². The molecule has 0 N–H and O–H groups in total. The van der Waals surface area contributed by atoms with E-state index >= 15 is 0 Å². The lowest BCUT2D eigenvalue weighted by Gasteiger charge is -2.11. The number of aromatic nitrogens is 2. The van der Waals surface area contributed by atoms with Crippen molar-refractivity contribution in [3.05, 3.63) is 58.9 Å². The average molecular weight is 467 g/mol. The molecule has 0 bridgehead atoms. The second kappa shape index (κ2) is 10.9. The minimum atomic E-state index is -1.22. The summed E-state index contributed by atoms with van der Waals surface area (Å²) in [5, 5.41) is 0.578. The number of carbonyl (C=O) groups excluding carboxylic acids is 1. The van der Waals surface area contributed by atoms with Crippen LogP contribution in [0.15, 0.2) is 35.5 Å². The molecule has 0 atom stereocenters. The van der Waals surface area contributed by atoms with Crippen LogP contribution in [0.3, 0.4) is 0 Å². The Labute approximate surface area is 188 Å². The van der Waals surface area contributed by atoms with Gasteiger partial charge < -0.3 is 14.0 Å². The van der Waals surface area contributed by atoms with Crippen molar-refractivity contribution in [2.45, 2.75) is 50.8 Å². The number of fused-ring (bicyclic) bond motifs is 1. The van der Waals surface area contributed by atoms with Crippen LogP contribution in [-0.4, -0.2) is 34.8 Å². The van der Waals surface area contributed by atoms with E-state index in [4.69, 9.17) is 9.47 Å². The minimum Gasteiger partial charge on any atom is -0.462 e. The number of halogens is 3. The van der Waals surface area contributed by atoms with Gasteiger partial charge in [-0.15, -0.1) is 0 Å². The number of ether oxygens (including phenoxy) is 2. The van der Waals surface area contributed by atoms with Crippen LogP contribution in [-0.2, 0) is 21.8 Å².